The van der Waals surface area contributed by atoms with Crippen LogP contribution in [0.3, 0.4) is 0 Å². The molecule has 3 rings (SSSR count). The molecule has 0 heterocycles. The first-order chi connectivity index (χ1) is 11.9. The van der Waals surface area contributed by atoms with Gasteiger partial charge in [0.2, 0.25) is 10.0 Å². The third kappa shape index (κ3) is 4.41. The van der Waals surface area contributed by atoms with Gasteiger partial charge in [0.15, 0.2) is 0 Å². The summed E-state index contributed by atoms with van der Waals surface area (Å²) < 4.78 is 67.2. The second-order valence-corrected chi connectivity index (χ2v) is 8.21. The van der Waals surface area contributed by atoms with Crippen LogP contribution >= 0.6 is 0 Å². The van der Waals surface area contributed by atoms with E-state index >= 15 is 0 Å². The third-order valence-corrected chi connectivity index (χ3v) is 6.10. The van der Waals surface area contributed by atoms with Gasteiger partial charge in [-0.25, -0.2) is 21.6 Å². The summed E-state index contributed by atoms with van der Waals surface area (Å²) in [7, 11) is -3.69. The molecule has 0 unspecified atom stereocenters. The first-order valence-corrected chi connectivity index (χ1v) is 9.64. The summed E-state index contributed by atoms with van der Waals surface area (Å²) in [6, 6.07) is 8.96. The highest BCUT2D eigenvalue weighted by Gasteiger charge is 2.37. The lowest BCUT2D eigenvalue weighted by molar-refractivity contribution is 0.390. The maximum Gasteiger partial charge on any atom is 0.214 e. The molecule has 0 saturated heterocycles. The molecule has 0 aliphatic heterocycles. The average Bonchev–Trinajstić information content (AvgIpc) is 3.38. The Bertz CT molecular complexity index is 866. The molecule has 0 aromatic heterocycles. The SMILES string of the molecule is O=S(=O)(CCc1ccccc1F)N(Cc1ccc(F)cc1F)C1CC1. The predicted molar refractivity (Wildman–Crippen MR) is 88.8 cm³/mol. The van der Waals surface area contributed by atoms with Crippen molar-refractivity contribution in [1.82, 2.24) is 4.31 Å². The monoisotopic (exact) mass is 369 g/mol. The topological polar surface area (TPSA) is 37.4 Å². The van der Waals surface area contributed by atoms with E-state index in [1.807, 2.05) is 0 Å². The molecule has 1 aliphatic rings. The second kappa shape index (κ2) is 7.17. The molecule has 3 nitrogen and oxygen atoms in total. The normalized spacial score (nSPS) is 14.9. The van der Waals surface area contributed by atoms with Crippen LogP contribution in [-0.4, -0.2) is 24.5 Å². The fourth-order valence-corrected chi connectivity index (χ4v) is 4.41. The van der Waals surface area contributed by atoms with Gasteiger partial charge in [-0.15, -0.1) is 0 Å². The number of hydrogen-bond donors (Lipinski definition) is 0. The molecular formula is C18H18F3NO2S. The minimum absolute atomic E-state index is 0.0458. The average molecular weight is 369 g/mol. The van der Waals surface area contributed by atoms with Crippen LogP contribution in [0.5, 0.6) is 0 Å². The fraction of sp³-hybridized carbons (Fsp3) is 0.333. The number of rotatable bonds is 7. The molecule has 25 heavy (non-hydrogen) atoms. The fourth-order valence-electron chi connectivity index (χ4n) is 2.69. The van der Waals surface area contributed by atoms with E-state index in [1.165, 1.54) is 16.4 Å². The molecule has 134 valence electrons. The molecule has 2 aromatic carbocycles. The van der Waals surface area contributed by atoms with Gasteiger partial charge < -0.3 is 0 Å². The maximum atomic E-state index is 13.9. The van der Waals surface area contributed by atoms with Crippen molar-refractivity contribution in [3.63, 3.8) is 0 Å². The van der Waals surface area contributed by atoms with Crippen LogP contribution in [0.1, 0.15) is 24.0 Å². The molecule has 0 amide bonds. The van der Waals surface area contributed by atoms with E-state index in [9.17, 15) is 21.6 Å². The maximum absolute atomic E-state index is 13.9. The van der Waals surface area contributed by atoms with Gasteiger partial charge in [0.1, 0.15) is 17.5 Å². The van der Waals surface area contributed by atoms with Crippen LogP contribution in [0.2, 0.25) is 0 Å². The number of hydrogen-bond acceptors (Lipinski definition) is 2. The first kappa shape index (κ1) is 17.9. The first-order valence-electron chi connectivity index (χ1n) is 8.03. The predicted octanol–water partition coefficient (Wildman–Crippen LogP) is 3.64. The van der Waals surface area contributed by atoms with Crippen LogP contribution in [0.4, 0.5) is 13.2 Å². The largest absolute Gasteiger partial charge is 0.214 e. The quantitative estimate of drug-likeness (QED) is 0.747. The molecule has 0 N–H and O–H groups in total. The van der Waals surface area contributed by atoms with Crippen molar-refractivity contribution in [2.24, 2.45) is 0 Å². The molecule has 1 fully saturated rings. The minimum Gasteiger partial charge on any atom is -0.212 e. The molecule has 0 radical (unpaired) electrons. The van der Waals surface area contributed by atoms with E-state index < -0.39 is 27.5 Å². The van der Waals surface area contributed by atoms with Crippen molar-refractivity contribution in [2.75, 3.05) is 5.75 Å². The Labute approximate surface area is 145 Å². The van der Waals surface area contributed by atoms with Gasteiger partial charge in [-0.05, 0) is 37.0 Å². The van der Waals surface area contributed by atoms with E-state index in [0.717, 1.165) is 12.1 Å². The summed E-state index contributed by atoms with van der Waals surface area (Å²) in [5.74, 6) is -2.18. The Hall–Kier alpha value is -1.86. The zero-order valence-corrected chi connectivity index (χ0v) is 14.3. The lowest BCUT2D eigenvalue weighted by Gasteiger charge is -2.22. The van der Waals surface area contributed by atoms with E-state index in [1.54, 1.807) is 18.2 Å². The Morgan fingerprint density at radius 3 is 2.32 bits per heavy atom. The van der Waals surface area contributed by atoms with Crippen molar-refractivity contribution >= 4 is 10.0 Å². The second-order valence-electron chi connectivity index (χ2n) is 6.17. The molecule has 7 heteroatoms. The Morgan fingerprint density at radius 1 is 0.960 bits per heavy atom. The summed E-state index contributed by atoms with van der Waals surface area (Å²) in [6.07, 6.45) is 1.47. The van der Waals surface area contributed by atoms with Crippen LogP contribution in [0.25, 0.3) is 0 Å². The number of aryl methyl sites for hydroxylation is 1. The highest BCUT2D eigenvalue weighted by Crippen LogP contribution is 2.32. The van der Waals surface area contributed by atoms with Crippen LogP contribution in [0, 0.1) is 17.5 Å². The lowest BCUT2D eigenvalue weighted by Crippen LogP contribution is -2.35. The highest BCUT2D eigenvalue weighted by molar-refractivity contribution is 7.89. The third-order valence-electron chi connectivity index (χ3n) is 4.24. The van der Waals surface area contributed by atoms with Crippen LogP contribution in [0.15, 0.2) is 42.5 Å². The lowest BCUT2D eigenvalue weighted by atomic mass is 10.2. The van der Waals surface area contributed by atoms with Crippen LogP contribution < -0.4 is 0 Å². The molecule has 1 aliphatic carbocycles. The van der Waals surface area contributed by atoms with Gasteiger partial charge in [-0.1, -0.05) is 24.3 Å². The van der Waals surface area contributed by atoms with Gasteiger partial charge in [0.25, 0.3) is 0 Å². The van der Waals surface area contributed by atoms with Gasteiger partial charge in [0.05, 0.1) is 5.75 Å². The Kier molecular flexibility index (Phi) is 5.15. The zero-order valence-electron chi connectivity index (χ0n) is 13.5. The van der Waals surface area contributed by atoms with Crippen molar-refractivity contribution in [2.45, 2.75) is 31.8 Å². The van der Waals surface area contributed by atoms with Gasteiger partial charge in [0, 0.05) is 24.2 Å². The number of nitrogens with zero attached hydrogens (tertiary/aromatic N) is 1. The van der Waals surface area contributed by atoms with E-state index in [4.69, 9.17) is 0 Å². The van der Waals surface area contributed by atoms with Gasteiger partial charge in [-0.3, -0.25) is 0 Å². The smallest absolute Gasteiger partial charge is 0.212 e. The van der Waals surface area contributed by atoms with Gasteiger partial charge in [-0.2, -0.15) is 4.31 Å². The number of sulfonamides is 1. The summed E-state index contributed by atoms with van der Waals surface area (Å²) in [6.45, 7) is -0.142. The Morgan fingerprint density at radius 2 is 1.68 bits per heavy atom. The minimum atomic E-state index is -3.69. The van der Waals surface area contributed by atoms with E-state index in [-0.39, 0.29) is 30.3 Å². The summed E-state index contributed by atoms with van der Waals surface area (Å²) in [5, 5.41) is 0. The van der Waals surface area contributed by atoms with Crippen LogP contribution in [-0.2, 0) is 23.0 Å². The van der Waals surface area contributed by atoms with Crippen molar-refractivity contribution < 1.29 is 21.6 Å². The zero-order chi connectivity index (χ0) is 18.0. The van der Waals surface area contributed by atoms with E-state index in [0.29, 0.717) is 18.4 Å². The molecule has 1 saturated carbocycles. The Balaban J connectivity index is 1.76. The van der Waals surface area contributed by atoms with E-state index in [2.05, 4.69) is 0 Å². The number of halogens is 3. The molecule has 0 atom stereocenters. The molecule has 2 aromatic rings. The summed E-state index contributed by atoms with van der Waals surface area (Å²) in [5.41, 5.74) is 0.456. The molecular weight excluding hydrogens is 351 g/mol. The van der Waals surface area contributed by atoms with Crippen molar-refractivity contribution in [3.8, 4) is 0 Å². The summed E-state index contributed by atoms with van der Waals surface area (Å²) >= 11 is 0. The van der Waals surface area contributed by atoms with Crippen molar-refractivity contribution in [1.29, 1.82) is 0 Å². The standard InChI is InChI=1S/C18H18F3NO2S/c19-15-6-5-14(18(21)11-15)12-22(16-7-8-16)25(23,24)10-9-13-3-1-2-4-17(13)20/h1-6,11,16H,7-10,12H2. The molecule has 0 bridgehead atoms. The number of benzene rings is 2. The molecule has 0 spiro atoms. The summed E-state index contributed by atoms with van der Waals surface area (Å²) in [4.78, 5) is 0. The van der Waals surface area contributed by atoms with Crippen molar-refractivity contribution in [3.05, 3.63) is 71.0 Å². The van der Waals surface area contributed by atoms with Gasteiger partial charge >= 0.3 is 0 Å². The highest BCUT2D eigenvalue weighted by atomic mass is 32.2.